The summed E-state index contributed by atoms with van der Waals surface area (Å²) in [6, 6.07) is 18.9. The number of phenols is 4. The maximum absolute atomic E-state index is 12.6. The number of carbonyl (C=O) groups is 10. The minimum absolute atomic E-state index is 0.0341. The zero-order chi connectivity index (χ0) is 81.3. The molecule has 10 saturated carbocycles. The molecule has 15 fully saturated rings. The first-order valence-corrected chi connectivity index (χ1v) is 41.7. The molecule has 0 amide bonds. The Labute approximate surface area is 710 Å². The molecule has 30 unspecified atom stereocenters. The molecule has 0 radical (unpaired) electrons. The second-order valence-electron chi connectivity index (χ2n) is 31.2. The van der Waals surface area contributed by atoms with E-state index in [4.69, 9.17) is 47.4 Å². The van der Waals surface area contributed by atoms with Crippen LogP contribution in [-0.4, -0.2) is 167 Å². The van der Waals surface area contributed by atoms with E-state index in [0.29, 0.717) is 78.5 Å². The van der Waals surface area contributed by atoms with E-state index in [2.05, 4.69) is 0 Å². The molecule has 10 aliphatic carbocycles. The number of phenolic OH excluding ortho intramolecular Hbond substituents is 4. The Morgan fingerprint density at radius 1 is 0.360 bits per heavy atom. The zero-order valence-electron chi connectivity index (χ0n) is 58.7. The van der Waals surface area contributed by atoms with E-state index in [9.17, 15) is 107 Å². The highest BCUT2D eigenvalue weighted by Crippen LogP contribution is 2.63. The molecule has 5 aromatic carbocycles. The topological polar surface area (TPSA) is 445 Å². The first-order valence-electron chi connectivity index (χ1n) is 36.3. The summed E-state index contributed by atoms with van der Waals surface area (Å²) in [7, 11) is 0. The number of aryl methyl sites for hydroxylation is 1. The minimum Gasteiger partial charge on any atom is -0.508 e. The number of fused-ring (bicyclic) bond motifs is 5. The van der Waals surface area contributed by atoms with Crippen molar-refractivity contribution in [1.82, 2.24) is 0 Å². The number of ether oxygens (including phenoxy) is 10. The summed E-state index contributed by atoms with van der Waals surface area (Å²) in [5, 5.41) is 89.2. The second kappa shape index (κ2) is 30.6. The molecule has 0 aromatic heterocycles. The van der Waals surface area contributed by atoms with Crippen molar-refractivity contribution >= 4 is 173 Å². The monoisotopic (exact) mass is 2150 g/mol. The number of benzene rings is 5. The lowest BCUT2D eigenvalue weighted by Crippen LogP contribution is -2.42. The van der Waals surface area contributed by atoms with Crippen LogP contribution in [0, 0.1) is 143 Å². The summed E-state index contributed by atoms with van der Waals surface area (Å²) in [5.74, 6) is -11.3. The maximum atomic E-state index is 12.6. The van der Waals surface area contributed by atoms with E-state index >= 15 is 0 Å². The number of aliphatic hydroxyl groups is 5. The van der Waals surface area contributed by atoms with Crippen molar-refractivity contribution in [2.45, 2.75) is 106 Å². The molecule has 5 aliphatic heterocycles. The van der Waals surface area contributed by atoms with Gasteiger partial charge in [0.25, 0.3) is 0 Å². The van der Waals surface area contributed by atoms with E-state index in [1.807, 2.05) is 113 Å². The van der Waals surface area contributed by atoms with Gasteiger partial charge in [0.1, 0.15) is 82.3 Å². The van der Waals surface area contributed by atoms with Crippen LogP contribution in [0.15, 0.2) is 84.9 Å². The molecule has 10 bridgehead atoms. The first kappa shape index (κ1) is 81.0. The van der Waals surface area contributed by atoms with Crippen LogP contribution in [0.25, 0.3) is 0 Å². The fourth-order valence-corrected chi connectivity index (χ4v) is 23.6. The van der Waals surface area contributed by atoms with Crippen LogP contribution in [0.4, 0.5) is 13.2 Å². The summed E-state index contributed by atoms with van der Waals surface area (Å²) in [6.45, 7) is 1.72. The number of alkyl halides is 3. The van der Waals surface area contributed by atoms with E-state index < -0.39 is 198 Å². The van der Waals surface area contributed by atoms with Crippen LogP contribution in [0.1, 0.15) is 43.2 Å². The molecule has 5 heterocycles. The number of carbonyl (C=O) groups excluding carboxylic acids is 10. The summed E-state index contributed by atoms with van der Waals surface area (Å²) in [5.41, 5.74) is -0.243. The van der Waals surface area contributed by atoms with Crippen molar-refractivity contribution in [2.24, 2.45) is 118 Å². The maximum Gasteiger partial charge on any atom is 0.416 e. The number of aliphatic hydroxyl groups excluding tert-OH is 5. The lowest BCUT2D eigenvalue weighted by molar-refractivity contribution is -0.149. The van der Waals surface area contributed by atoms with Crippen LogP contribution >= 0.6 is 113 Å². The van der Waals surface area contributed by atoms with Gasteiger partial charge >= 0.3 is 65.9 Å². The quantitative estimate of drug-likeness (QED) is 0.0295. The number of rotatable bonds is 10. The molecule has 30 atom stereocenters. The van der Waals surface area contributed by atoms with Gasteiger partial charge < -0.3 is 93.3 Å². The smallest absolute Gasteiger partial charge is 0.416 e. The molecule has 5 aromatic rings. The van der Waals surface area contributed by atoms with E-state index in [1.165, 1.54) is 36.4 Å². The highest BCUT2D eigenvalue weighted by molar-refractivity contribution is 14.1. The van der Waals surface area contributed by atoms with Crippen molar-refractivity contribution in [3.05, 3.63) is 114 Å². The lowest BCUT2D eigenvalue weighted by Gasteiger charge is -2.27. The van der Waals surface area contributed by atoms with Crippen LogP contribution in [-0.2, 0) is 77.8 Å². The molecule has 604 valence electrons. The van der Waals surface area contributed by atoms with E-state index in [0.717, 1.165) is 24.3 Å². The normalized spacial score (nSPS) is 37.4. The van der Waals surface area contributed by atoms with Crippen molar-refractivity contribution in [3.63, 3.8) is 0 Å². The minimum atomic E-state index is -4.47. The average molecular weight is 2150 g/mol. The molecule has 114 heavy (non-hydrogen) atoms. The van der Waals surface area contributed by atoms with Gasteiger partial charge in [-0.05, 0) is 242 Å². The predicted molar refractivity (Wildman–Crippen MR) is 413 cm³/mol. The van der Waals surface area contributed by atoms with Crippen molar-refractivity contribution in [3.8, 4) is 51.7 Å². The number of halogens is 8. The standard InChI is InChI=1S/C16H13F3O5.C16H15IO6.C15H12I2O6.2C15H13IO6/c17-16(18,19)6-1-3-7(4-2-6)23-14(21)10-8-5-9-11(10)15(22)24-13(9)12(8)20;1-5-2-6(3-9(17)12(5)18)22-15(20)10-7-4-8-11(10)16(21)23-14(8)13(7)19;16-6-3-9(7(17)2-8(6)18)22-14(20)10-4-1-5-11(10)15(21)23-13(5)12(4)19;16-8-3-5(1-2-9(8)17)21-14(19)10-6-4-7-11(10)15(20)22-13(7)12(6)18;16-8-3-5(17)1-2-9(8)21-14(19)10-6-4-7-11(10)15(20)22-13(7)12(6)18/h1-4,8-13,20H,5H2;2-3,7-8,10-11,13-14,18-19H,4H2,1H3;2-5,10-13,18-19H,1H2;2*1-3,6-7,10-13,17-18H,4H2. The molecule has 5 saturated heterocycles. The van der Waals surface area contributed by atoms with Gasteiger partial charge in [-0.2, -0.15) is 13.2 Å². The van der Waals surface area contributed by atoms with Gasteiger partial charge in [0, 0.05) is 59.2 Å². The fourth-order valence-electron chi connectivity index (χ4n) is 20.8. The Balaban J connectivity index is 0.000000107. The number of esters is 10. The largest absolute Gasteiger partial charge is 0.508 e. The lowest BCUT2D eigenvalue weighted by atomic mass is 9.78. The van der Waals surface area contributed by atoms with Crippen molar-refractivity contribution in [1.29, 1.82) is 0 Å². The molecule has 15 aliphatic rings. The Morgan fingerprint density at radius 3 is 1.04 bits per heavy atom. The first-order chi connectivity index (χ1) is 54.0. The third-order valence-corrected chi connectivity index (χ3v) is 29.8. The van der Waals surface area contributed by atoms with Gasteiger partial charge in [-0.25, -0.2) is 0 Å². The van der Waals surface area contributed by atoms with Crippen molar-refractivity contribution < 1.29 is 154 Å². The summed E-state index contributed by atoms with van der Waals surface area (Å²) in [4.78, 5) is 122. The molecule has 0 spiro atoms. The second-order valence-corrected chi connectivity index (χ2v) is 37.0. The number of hydrogen-bond donors (Lipinski definition) is 9. The summed E-state index contributed by atoms with van der Waals surface area (Å²) >= 11 is 9.77. The Hall–Kier alpha value is -6.76. The third-order valence-electron chi connectivity index (χ3n) is 25.6. The highest BCUT2D eigenvalue weighted by atomic mass is 127. The van der Waals surface area contributed by atoms with E-state index in [1.54, 1.807) is 31.2 Å². The third kappa shape index (κ3) is 13.9. The van der Waals surface area contributed by atoms with Gasteiger partial charge in [-0.1, -0.05) is 0 Å². The van der Waals surface area contributed by atoms with Crippen molar-refractivity contribution in [2.75, 3.05) is 0 Å². The van der Waals surface area contributed by atoms with Crippen LogP contribution in [0.5, 0.6) is 51.7 Å². The molecular formula is C77H66F3I5O29. The molecule has 37 heteroatoms. The molecular weight excluding hydrogens is 2080 g/mol. The van der Waals surface area contributed by atoms with Gasteiger partial charge in [-0.3, -0.25) is 47.9 Å². The average Bonchev–Trinajstić information content (AvgIpc) is 1.58. The Morgan fingerprint density at radius 2 is 0.684 bits per heavy atom. The molecule has 20 rings (SSSR count). The molecule has 29 nitrogen and oxygen atoms in total. The Bertz CT molecular complexity index is 4850. The Kier molecular flexibility index (Phi) is 21.7. The van der Waals surface area contributed by atoms with Gasteiger partial charge in [-0.15, -0.1) is 0 Å². The zero-order valence-corrected chi connectivity index (χ0v) is 69.4. The van der Waals surface area contributed by atoms with E-state index in [-0.39, 0.29) is 82.0 Å². The van der Waals surface area contributed by atoms with Crippen LogP contribution < -0.4 is 23.7 Å². The highest BCUT2D eigenvalue weighted by Gasteiger charge is 2.73. The summed E-state index contributed by atoms with van der Waals surface area (Å²) in [6.07, 6.45) is -7.93. The van der Waals surface area contributed by atoms with Gasteiger partial charge in [0.15, 0.2) is 0 Å². The number of aromatic hydroxyl groups is 4. The van der Waals surface area contributed by atoms with Crippen LogP contribution in [0.3, 0.4) is 0 Å². The van der Waals surface area contributed by atoms with Gasteiger partial charge in [0.2, 0.25) is 0 Å². The molecule has 9 N–H and O–H groups in total. The predicted octanol–water partition coefficient (Wildman–Crippen LogP) is 6.97. The summed E-state index contributed by atoms with van der Waals surface area (Å²) < 4.78 is 93.2. The fraction of sp³-hybridized carbons (Fsp3) is 0.481. The van der Waals surface area contributed by atoms with Crippen LogP contribution in [0.2, 0.25) is 0 Å². The SMILES string of the molecule is Cc1cc(OC(=O)C2C3CC4C(OC(=O)C42)C3O)cc(I)c1O.O=C(Oc1cc(I)c(O)cc1I)C1C2CC3C(OC(=O)C31)C2O.O=C(Oc1ccc(C(F)(F)F)cc1)C1C2CC3C(OC(=O)C31)C2O.O=C(Oc1ccc(O)c(I)c1)C1C2CC3C(OC(=O)C31)C2O.O=C(Oc1ccc(O)cc1I)C1C2CC3C(OC(=O)C31)C2O. The van der Waals surface area contributed by atoms with Gasteiger partial charge in [0.05, 0.1) is 113 Å². The number of hydrogen-bond acceptors (Lipinski definition) is 29.